The van der Waals surface area contributed by atoms with Gasteiger partial charge in [0.05, 0.1) is 21.4 Å². The van der Waals surface area contributed by atoms with Crippen molar-refractivity contribution in [1.82, 2.24) is 9.55 Å². The van der Waals surface area contributed by atoms with Crippen molar-refractivity contribution in [2.45, 2.75) is 26.3 Å². The highest BCUT2D eigenvalue weighted by atomic mass is 79.9. The van der Waals surface area contributed by atoms with Crippen LogP contribution in [0.3, 0.4) is 0 Å². The lowest BCUT2D eigenvalue weighted by Crippen LogP contribution is -2.03. The summed E-state index contributed by atoms with van der Waals surface area (Å²) in [5.74, 6) is 1.19. The molecule has 19 heavy (non-hydrogen) atoms. The molecule has 0 atom stereocenters. The number of halogens is 1. The summed E-state index contributed by atoms with van der Waals surface area (Å²) in [5.41, 5.74) is 2.33. The van der Waals surface area contributed by atoms with Crippen LogP contribution in [0.1, 0.15) is 24.0 Å². The van der Waals surface area contributed by atoms with E-state index in [1.54, 1.807) is 11.3 Å². The Bertz CT molecular complexity index is 699. The van der Waals surface area contributed by atoms with E-state index in [-0.39, 0.29) is 0 Å². The molecule has 0 spiro atoms. The van der Waals surface area contributed by atoms with Crippen molar-refractivity contribution in [3.8, 4) is 0 Å². The number of para-hydroxylation sites is 2. The van der Waals surface area contributed by atoms with Gasteiger partial charge in [-0.25, -0.2) is 4.98 Å². The molecule has 0 amide bonds. The maximum atomic E-state index is 4.76. The second-order valence-corrected chi connectivity index (χ2v) is 7.11. The van der Waals surface area contributed by atoms with E-state index in [0.717, 1.165) is 24.9 Å². The van der Waals surface area contributed by atoms with Gasteiger partial charge in [-0.2, -0.15) is 0 Å². The Morgan fingerprint density at radius 3 is 2.79 bits per heavy atom. The van der Waals surface area contributed by atoms with E-state index < -0.39 is 0 Å². The monoisotopic (exact) mass is 334 g/mol. The standard InChI is InChI=1S/C15H15BrN2S/c1-2-5-15-17-12-6-3-4-7-13(12)18(15)10-11-8-9-14(16)19-11/h3-4,6-9H,2,5,10H2,1H3. The highest BCUT2D eigenvalue weighted by molar-refractivity contribution is 9.11. The maximum Gasteiger partial charge on any atom is 0.110 e. The van der Waals surface area contributed by atoms with E-state index in [1.807, 2.05) is 0 Å². The van der Waals surface area contributed by atoms with Gasteiger partial charge in [0.2, 0.25) is 0 Å². The first kappa shape index (κ1) is 12.9. The third-order valence-electron chi connectivity index (χ3n) is 3.15. The Morgan fingerprint density at radius 1 is 1.21 bits per heavy atom. The van der Waals surface area contributed by atoms with E-state index in [2.05, 4.69) is 63.8 Å². The number of imidazole rings is 1. The predicted octanol–water partition coefficient (Wildman–Crippen LogP) is 4.86. The second-order valence-electron chi connectivity index (χ2n) is 4.56. The third-order valence-corrected chi connectivity index (χ3v) is 4.76. The number of hydrogen-bond acceptors (Lipinski definition) is 2. The van der Waals surface area contributed by atoms with Crippen molar-refractivity contribution in [3.05, 3.63) is 50.9 Å². The Labute approximate surface area is 125 Å². The Balaban J connectivity index is 2.06. The minimum Gasteiger partial charge on any atom is -0.323 e. The largest absolute Gasteiger partial charge is 0.323 e. The summed E-state index contributed by atoms with van der Waals surface area (Å²) >= 11 is 5.32. The molecule has 0 aliphatic heterocycles. The van der Waals surface area contributed by atoms with Crippen LogP contribution in [-0.4, -0.2) is 9.55 Å². The first-order valence-corrected chi connectivity index (χ1v) is 8.07. The number of nitrogens with zero attached hydrogens (tertiary/aromatic N) is 2. The molecule has 0 radical (unpaired) electrons. The lowest BCUT2D eigenvalue weighted by atomic mass is 10.3. The van der Waals surface area contributed by atoms with E-state index in [0.29, 0.717) is 0 Å². The van der Waals surface area contributed by atoms with Gasteiger partial charge < -0.3 is 4.57 Å². The summed E-state index contributed by atoms with van der Waals surface area (Å²) in [4.78, 5) is 6.12. The van der Waals surface area contributed by atoms with E-state index in [4.69, 9.17) is 4.98 Å². The summed E-state index contributed by atoms with van der Waals surface area (Å²) in [5, 5.41) is 0. The van der Waals surface area contributed by atoms with Crippen molar-refractivity contribution < 1.29 is 0 Å². The molecule has 3 rings (SSSR count). The van der Waals surface area contributed by atoms with Crippen molar-refractivity contribution in [2.24, 2.45) is 0 Å². The van der Waals surface area contributed by atoms with Crippen LogP contribution in [0.15, 0.2) is 40.2 Å². The summed E-state index contributed by atoms with van der Waals surface area (Å²) in [6, 6.07) is 12.7. The molecule has 0 saturated heterocycles. The number of thiophene rings is 1. The van der Waals surface area contributed by atoms with Crippen LogP contribution in [0.4, 0.5) is 0 Å². The van der Waals surface area contributed by atoms with Crippen molar-refractivity contribution in [1.29, 1.82) is 0 Å². The third kappa shape index (κ3) is 2.60. The highest BCUT2D eigenvalue weighted by Gasteiger charge is 2.10. The lowest BCUT2D eigenvalue weighted by Gasteiger charge is -2.07. The number of aromatic nitrogens is 2. The number of fused-ring (bicyclic) bond motifs is 1. The van der Waals surface area contributed by atoms with Crippen LogP contribution in [-0.2, 0) is 13.0 Å². The fourth-order valence-electron chi connectivity index (χ4n) is 2.31. The molecule has 3 aromatic rings. The first-order chi connectivity index (χ1) is 9.28. The number of rotatable bonds is 4. The molecule has 0 aliphatic rings. The topological polar surface area (TPSA) is 17.8 Å². The molecule has 2 heterocycles. The molecular weight excluding hydrogens is 320 g/mol. The molecule has 4 heteroatoms. The van der Waals surface area contributed by atoms with Gasteiger partial charge in [0, 0.05) is 11.3 Å². The van der Waals surface area contributed by atoms with Crippen LogP contribution < -0.4 is 0 Å². The molecule has 0 unspecified atom stereocenters. The highest BCUT2D eigenvalue weighted by Crippen LogP contribution is 2.25. The fraction of sp³-hybridized carbons (Fsp3) is 0.267. The average Bonchev–Trinajstić information content (AvgIpc) is 2.96. The van der Waals surface area contributed by atoms with Crippen LogP contribution >= 0.6 is 27.3 Å². The van der Waals surface area contributed by atoms with Gasteiger partial charge >= 0.3 is 0 Å². The van der Waals surface area contributed by atoms with Gasteiger partial charge in [-0.05, 0) is 46.6 Å². The SMILES string of the molecule is CCCc1nc2ccccc2n1Cc1ccc(Br)s1. The minimum absolute atomic E-state index is 0.909. The zero-order valence-corrected chi connectivity index (χ0v) is 13.2. The Hall–Kier alpha value is -1.13. The molecular formula is C15H15BrN2S. The Kier molecular flexibility index (Phi) is 3.71. The molecule has 1 aromatic carbocycles. The van der Waals surface area contributed by atoms with Gasteiger partial charge in [-0.15, -0.1) is 11.3 Å². The van der Waals surface area contributed by atoms with Gasteiger partial charge in [-0.3, -0.25) is 0 Å². The molecule has 0 fully saturated rings. The summed E-state index contributed by atoms with van der Waals surface area (Å²) in [6.45, 7) is 3.11. The minimum atomic E-state index is 0.909. The summed E-state index contributed by atoms with van der Waals surface area (Å²) in [6.07, 6.45) is 2.15. The number of hydrogen-bond donors (Lipinski definition) is 0. The van der Waals surface area contributed by atoms with E-state index in [1.165, 1.54) is 20.0 Å². The normalized spacial score (nSPS) is 11.3. The molecule has 2 aromatic heterocycles. The van der Waals surface area contributed by atoms with Gasteiger partial charge in [-0.1, -0.05) is 19.1 Å². The molecule has 0 aliphatic carbocycles. The first-order valence-electron chi connectivity index (χ1n) is 6.46. The molecule has 0 N–H and O–H groups in total. The smallest absolute Gasteiger partial charge is 0.110 e. The van der Waals surface area contributed by atoms with Gasteiger partial charge in [0.1, 0.15) is 5.82 Å². The summed E-state index contributed by atoms with van der Waals surface area (Å²) in [7, 11) is 0. The van der Waals surface area contributed by atoms with Crippen molar-refractivity contribution in [2.75, 3.05) is 0 Å². The second kappa shape index (κ2) is 5.47. The van der Waals surface area contributed by atoms with Crippen LogP contribution in [0.2, 0.25) is 0 Å². The predicted molar refractivity (Wildman–Crippen MR) is 84.8 cm³/mol. The number of benzene rings is 1. The average molecular weight is 335 g/mol. The zero-order chi connectivity index (χ0) is 13.2. The molecule has 98 valence electrons. The van der Waals surface area contributed by atoms with E-state index in [9.17, 15) is 0 Å². The quantitative estimate of drug-likeness (QED) is 0.666. The van der Waals surface area contributed by atoms with Crippen LogP contribution in [0, 0.1) is 0 Å². The maximum absolute atomic E-state index is 4.76. The van der Waals surface area contributed by atoms with Crippen LogP contribution in [0.5, 0.6) is 0 Å². The van der Waals surface area contributed by atoms with Crippen molar-refractivity contribution >= 4 is 38.3 Å². The molecule has 2 nitrogen and oxygen atoms in total. The molecule has 0 bridgehead atoms. The molecule has 0 saturated carbocycles. The number of aryl methyl sites for hydroxylation is 1. The van der Waals surface area contributed by atoms with Gasteiger partial charge in [0.25, 0.3) is 0 Å². The Morgan fingerprint density at radius 2 is 2.05 bits per heavy atom. The van der Waals surface area contributed by atoms with Crippen molar-refractivity contribution in [3.63, 3.8) is 0 Å². The fourth-order valence-corrected chi connectivity index (χ4v) is 3.78. The summed E-state index contributed by atoms with van der Waals surface area (Å²) < 4.78 is 3.53. The lowest BCUT2D eigenvalue weighted by molar-refractivity contribution is 0.728. The van der Waals surface area contributed by atoms with Crippen LogP contribution in [0.25, 0.3) is 11.0 Å². The van der Waals surface area contributed by atoms with Gasteiger partial charge in [0.15, 0.2) is 0 Å². The zero-order valence-electron chi connectivity index (χ0n) is 10.8. The van der Waals surface area contributed by atoms with E-state index >= 15 is 0 Å².